The Kier molecular flexibility index (Phi) is 5.60. The van der Waals surface area contributed by atoms with Crippen LogP contribution in [0.3, 0.4) is 0 Å². The van der Waals surface area contributed by atoms with E-state index in [-0.39, 0.29) is 11.6 Å². The number of nitrogens with zero attached hydrogens (tertiary/aromatic N) is 1. The van der Waals surface area contributed by atoms with E-state index >= 15 is 0 Å². The molecule has 6 heteroatoms. The molecule has 2 N–H and O–H groups in total. The first-order chi connectivity index (χ1) is 8.85. The molecule has 2 amide bonds. The molecule has 1 atom stereocenters. The summed E-state index contributed by atoms with van der Waals surface area (Å²) in [6.07, 6.45) is 2.15. The van der Waals surface area contributed by atoms with Gasteiger partial charge in [0.05, 0.1) is 18.8 Å². The summed E-state index contributed by atoms with van der Waals surface area (Å²) in [5, 5.41) is 11.7. The highest BCUT2D eigenvalue weighted by molar-refractivity contribution is 5.82. The van der Waals surface area contributed by atoms with Crippen LogP contribution in [0, 0.1) is 0 Å². The Bertz CT molecular complexity index is 331. The van der Waals surface area contributed by atoms with Crippen LogP contribution in [-0.4, -0.2) is 53.3 Å². The molecule has 19 heavy (non-hydrogen) atoms. The lowest BCUT2D eigenvalue weighted by atomic mass is 10.1. The van der Waals surface area contributed by atoms with E-state index in [2.05, 4.69) is 5.32 Å². The van der Waals surface area contributed by atoms with E-state index < -0.39 is 12.0 Å². The molecule has 6 nitrogen and oxygen atoms in total. The van der Waals surface area contributed by atoms with Gasteiger partial charge in [-0.3, -0.25) is 0 Å². The lowest BCUT2D eigenvalue weighted by Crippen LogP contribution is -2.56. The van der Waals surface area contributed by atoms with Crippen LogP contribution in [0.15, 0.2) is 0 Å². The van der Waals surface area contributed by atoms with E-state index in [1.54, 1.807) is 4.90 Å². The molecular formula is C13H24N2O4. The standard InChI is InChI=1S/C13H24N2O4/c1-4-5-6-10(11(16)17)14-12(18)15-7-8-19-13(2,3)9-15/h10H,4-9H2,1-3H3,(H,14,18)(H,16,17). The van der Waals surface area contributed by atoms with Crippen LogP contribution in [0.4, 0.5) is 4.79 Å². The average molecular weight is 272 g/mol. The number of unbranched alkanes of at least 4 members (excludes halogenated alkanes) is 1. The molecular weight excluding hydrogens is 248 g/mol. The van der Waals surface area contributed by atoms with Crippen molar-refractivity contribution in [1.29, 1.82) is 0 Å². The van der Waals surface area contributed by atoms with Crippen molar-refractivity contribution >= 4 is 12.0 Å². The van der Waals surface area contributed by atoms with Gasteiger partial charge in [-0.05, 0) is 20.3 Å². The van der Waals surface area contributed by atoms with Crippen molar-refractivity contribution in [1.82, 2.24) is 10.2 Å². The van der Waals surface area contributed by atoms with Gasteiger partial charge in [0.1, 0.15) is 6.04 Å². The van der Waals surface area contributed by atoms with E-state index in [9.17, 15) is 9.59 Å². The van der Waals surface area contributed by atoms with E-state index in [0.29, 0.717) is 26.1 Å². The van der Waals surface area contributed by atoms with E-state index in [1.165, 1.54) is 0 Å². The maximum absolute atomic E-state index is 12.1. The largest absolute Gasteiger partial charge is 0.480 e. The summed E-state index contributed by atoms with van der Waals surface area (Å²) in [5.41, 5.74) is -0.377. The molecule has 0 saturated carbocycles. The Labute approximate surface area is 114 Å². The monoisotopic (exact) mass is 272 g/mol. The Morgan fingerprint density at radius 2 is 2.16 bits per heavy atom. The number of ether oxygens (including phenoxy) is 1. The third-order valence-corrected chi connectivity index (χ3v) is 3.16. The van der Waals surface area contributed by atoms with Gasteiger partial charge in [-0.1, -0.05) is 19.8 Å². The van der Waals surface area contributed by atoms with Crippen molar-refractivity contribution in [2.45, 2.75) is 51.7 Å². The molecule has 0 aliphatic carbocycles. The lowest BCUT2D eigenvalue weighted by molar-refractivity contribution is -0.139. The number of carboxylic acids is 1. The Morgan fingerprint density at radius 3 is 2.68 bits per heavy atom. The quantitative estimate of drug-likeness (QED) is 0.794. The number of carbonyl (C=O) groups is 2. The molecule has 0 radical (unpaired) electrons. The minimum Gasteiger partial charge on any atom is -0.480 e. The second-order valence-corrected chi connectivity index (χ2v) is 5.51. The van der Waals surface area contributed by atoms with Crippen LogP contribution in [0.1, 0.15) is 40.0 Å². The molecule has 0 aromatic rings. The van der Waals surface area contributed by atoms with Crippen molar-refractivity contribution < 1.29 is 19.4 Å². The number of hydrogen-bond donors (Lipinski definition) is 2. The number of carbonyl (C=O) groups excluding carboxylic acids is 1. The third kappa shape index (κ3) is 5.06. The van der Waals surface area contributed by atoms with Crippen molar-refractivity contribution in [2.24, 2.45) is 0 Å². The smallest absolute Gasteiger partial charge is 0.326 e. The van der Waals surface area contributed by atoms with Crippen LogP contribution in [0.2, 0.25) is 0 Å². The second-order valence-electron chi connectivity index (χ2n) is 5.51. The van der Waals surface area contributed by atoms with Gasteiger partial charge in [-0.2, -0.15) is 0 Å². The first-order valence-electron chi connectivity index (χ1n) is 6.78. The molecule has 1 aliphatic rings. The minimum absolute atomic E-state index is 0.320. The summed E-state index contributed by atoms with van der Waals surface area (Å²) in [6.45, 7) is 7.27. The van der Waals surface area contributed by atoms with Crippen LogP contribution in [0.5, 0.6) is 0 Å². The summed E-state index contributed by atoms with van der Waals surface area (Å²) in [7, 11) is 0. The number of aliphatic carboxylic acids is 1. The van der Waals surface area contributed by atoms with Gasteiger partial charge in [-0.15, -0.1) is 0 Å². The molecule has 1 saturated heterocycles. The maximum atomic E-state index is 12.1. The van der Waals surface area contributed by atoms with Crippen molar-refractivity contribution in [3.8, 4) is 0 Å². The molecule has 0 bridgehead atoms. The van der Waals surface area contributed by atoms with Gasteiger partial charge in [-0.25, -0.2) is 9.59 Å². The SMILES string of the molecule is CCCCC(NC(=O)N1CCOC(C)(C)C1)C(=O)O. The second kappa shape index (κ2) is 6.75. The van der Waals surface area contributed by atoms with E-state index in [4.69, 9.17) is 9.84 Å². The van der Waals surface area contributed by atoms with Crippen molar-refractivity contribution in [2.75, 3.05) is 19.7 Å². The Balaban J connectivity index is 2.54. The highest BCUT2D eigenvalue weighted by atomic mass is 16.5. The lowest BCUT2D eigenvalue weighted by Gasteiger charge is -2.38. The molecule has 0 spiro atoms. The minimum atomic E-state index is -0.977. The molecule has 0 aromatic carbocycles. The van der Waals surface area contributed by atoms with Gasteiger partial charge in [0.2, 0.25) is 0 Å². The molecule has 1 unspecified atom stereocenters. The fourth-order valence-electron chi connectivity index (χ4n) is 2.10. The summed E-state index contributed by atoms with van der Waals surface area (Å²) in [6, 6.07) is -1.13. The summed E-state index contributed by atoms with van der Waals surface area (Å²) >= 11 is 0. The fourth-order valence-corrected chi connectivity index (χ4v) is 2.10. The highest BCUT2D eigenvalue weighted by Gasteiger charge is 2.31. The number of urea groups is 1. The number of amides is 2. The van der Waals surface area contributed by atoms with E-state index in [1.807, 2.05) is 20.8 Å². The predicted octanol–water partition coefficient (Wildman–Crippen LogP) is 1.45. The normalized spacial score (nSPS) is 19.8. The predicted molar refractivity (Wildman–Crippen MR) is 71.1 cm³/mol. The maximum Gasteiger partial charge on any atom is 0.326 e. The number of rotatable bonds is 5. The van der Waals surface area contributed by atoms with Crippen molar-refractivity contribution in [3.63, 3.8) is 0 Å². The summed E-state index contributed by atoms with van der Waals surface area (Å²) in [5.74, 6) is -0.977. The average Bonchev–Trinajstić information content (AvgIpc) is 2.32. The van der Waals surface area contributed by atoms with Crippen LogP contribution in [0.25, 0.3) is 0 Å². The number of morpholine rings is 1. The number of carboxylic acid groups (broad SMARTS) is 1. The molecule has 0 aromatic heterocycles. The molecule has 1 fully saturated rings. The molecule has 1 aliphatic heterocycles. The van der Waals surface area contributed by atoms with E-state index in [0.717, 1.165) is 12.8 Å². The van der Waals surface area contributed by atoms with Gasteiger partial charge < -0.3 is 20.1 Å². The fraction of sp³-hybridized carbons (Fsp3) is 0.846. The zero-order chi connectivity index (χ0) is 14.5. The van der Waals surface area contributed by atoms with Gasteiger partial charge in [0, 0.05) is 6.54 Å². The molecule has 110 valence electrons. The third-order valence-electron chi connectivity index (χ3n) is 3.16. The summed E-state index contributed by atoms with van der Waals surface area (Å²) < 4.78 is 5.53. The first kappa shape index (κ1) is 15.8. The van der Waals surface area contributed by atoms with Gasteiger partial charge in [0.15, 0.2) is 0 Å². The number of hydrogen-bond acceptors (Lipinski definition) is 3. The Morgan fingerprint density at radius 1 is 1.47 bits per heavy atom. The molecule has 1 heterocycles. The topological polar surface area (TPSA) is 78.9 Å². The number of nitrogens with one attached hydrogen (secondary N) is 1. The van der Waals surface area contributed by atoms with Crippen LogP contribution < -0.4 is 5.32 Å². The Hall–Kier alpha value is -1.30. The van der Waals surface area contributed by atoms with Crippen LogP contribution in [-0.2, 0) is 9.53 Å². The van der Waals surface area contributed by atoms with Crippen molar-refractivity contribution in [3.05, 3.63) is 0 Å². The van der Waals surface area contributed by atoms with Gasteiger partial charge >= 0.3 is 12.0 Å². The molecule has 1 rings (SSSR count). The van der Waals surface area contributed by atoms with Gasteiger partial charge in [0.25, 0.3) is 0 Å². The zero-order valence-corrected chi connectivity index (χ0v) is 11.9. The highest BCUT2D eigenvalue weighted by Crippen LogP contribution is 2.16. The zero-order valence-electron chi connectivity index (χ0n) is 11.9. The first-order valence-corrected chi connectivity index (χ1v) is 6.78. The summed E-state index contributed by atoms with van der Waals surface area (Å²) in [4.78, 5) is 24.8. The van der Waals surface area contributed by atoms with Crippen LogP contribution >= 0.6 is 0 Å².